The van der Waals surface area contributed by atoms with Gasteiger partial charge in [0, 0.05) is 5.56 Å². The molecule has 0 saturated carbocycles. The van der Waals surface area contributed by atoms with Crippen molar-refractivity contribution in [1.82, 2.24) is 20.4 Å². The van der Waals surface area contributed by atoms with Crippen molar-refractivity contribution in [3.8, 4) is 11.5 Å². The van der Waals surface area contributed by atoms with Gasteiger partial charge in [0.25, 0.3) is 5.22 Å². The normalized spacial score (nSPS) is 10.8. The summed E-state index contributed by atoms with van der Waals surface area (Å²) < 4.78 is 18.3. The van der Waals surface area contributed by atoms with E-state index in [1.54, 1.807) is 12.1 Å². The van der Waals surface area contributed by atoms with Crippen LogP contribution < -0.4 is 5.32 Å². The van der Waals surface area contributed by atoms with Crippen LogP contribution in [0.4, 0.5) is 9.52 Å². The Morgan fingerprint density at radius 2 is 2.04 bits per heavy atom. The molecule has 1 amide bonds. The lowest BCUT2D eigenvalue weighted by molar-refractivity contribution is -0.113. The van der Waals surface area contributed by atoms with Crippen molar-refractivity contribution in [3.63, 3.8) is 0 Å². The molecule has 10 heteroatoms. The zero-order valence-corrected chi connectivity index (χ0v) is 14.2. The summed E-state index contributed by atoms with van der Waals surface area (Å²) in [6, 6.07) is 5.72. The van der Waals surface area contributed by atoms with Crippen LogP contribution in [0.3, 0.4) is 0 Å². The number of hydrogen-bond donors (Lipinski definition) is 1. The second kappa shape index (κ2) is 7.49. The van der Waals surface area contributed by atoms with Crippen molar-refractivity contribution in [2.24, 2.45) is 0 Å². The first-order chi connectivity index (χ1) is 11.6. The molecular formula is C14H12FN5O2S2. The maximum absolute atomic E-state index is 12.9. The zero-order chi connectivity index (χ0) is 16.9. The lowest BCUT2D eigenvalue weighted by Gasteiger charge is -1.98. The van der Waals surface area contributed by atoms with Crippen LogP contribution in [-0.2, 0) is 11.2 Å². The fourth-order valence-electron chi connectivity index (χ4n) is 1.71. The van der Waals surface area contributed by atoms with Crippen LogP contribution in [0.15, 0.2) is 33.9 Å². The molecule has 7 nitrogen and oxygen atoms in total. The van der Waals surface area contributed by atoms with E-state index in [0.717, 1.165) is 23.2 Å². The molecule has 24 heavy (non-hydrogen) atoms. The van der Waals surface area contributed by atoms with E-state index in [4.69, 9.17) is 4.42 Å². The number of nitrogens with one attached hydrogen (secondary N) is 1. The van der Waals surface area contributed by atoms with E-state index < -0.39 is 0 Å². The Morgan fingerprint density at radius 3 is 2.75 bits per heavy atom. The van der Waals surface area contributed by atoms with Crippen LogP contribution in [-0.4, -0.2) is 32.1 Å². The summed E-state index contributed by atoms with van der Waals surface area (Å²) in [6.07, 6.45) is 0.774. The minimum absolute atomic E-state index is 0.103. The monoisotopic (exact) mass is 365 g/mol. The molecule has 0 saturated heterocycles. The second-order valence-electron chi connectivity index (χ2n) is 4.57. The van der Waals surface area contributed by atoms with Crippen LogP contribution in [0.25, 0.3) is 11.5 Å². The molecule has 0 bridgehead atoms. The molecule has 3 rings (SSSR count). The number of nitrogens with zero attached hydrogens (tertiary/aromatic N) is 4. The van der Waals surface area contributed by atoms with Gasteiger partial charge in [0.05, 0.1) is 5.75 Å². The number of carbonyl (C=O) groups excluding carboxylic acids is 1. The van der Waals surface area contributed by atoms with Crippen molar-refractivity contribution in [1.29, 1.82) is 0 Å². The summed E-state index contributed by atoms with van der Waals surface area (Å²) in [7, 11) is 0. The van der Waals surface area contributed by atoms with E-state index >= 15 is 0 Å². The molecule has 0 spiro atoms. The first-order valence-corrected chi connectivity index (χ1v) is 8.78. The van der Waals surface area contributed by atoms with Crippen molar-refractivity contribution in [3.05, 3.63) is 35.1 Å². The Balaban J connectivity index is 1.55. The number of benzene rings is 1. The second-order valence-corrected chi connectivity index (χ2v) is 6.56. The van der Waals surface area contributed by atoms with Gasteiger partial charge in [-0.2, -0.15) is 0 Å². The SMILES string of the molecule is CCc1nnc(NC(=O)CSc2nnc(-c3ccc(F)cc3)o2)s1. The number of halogens is 1. The maximum Gasteiger partial charge on any atom is 0.277 e. The lowest BCUT2D eigenvalue weighted by Crippen LogP contribution is -2.13. The molecule has 0 aliphatic carbocycles. The van der Waals surface area contributed by atoms with E-state index in [9.17, 15) is 9.18 Å². The number of anilines is 1. The summed E-state index contributed by atoms with van der Waals surface area (Å²) in [4.78, 5) is 11.9. The zero-order valence-electron chi connectivity index (χ0n) is 12.5. The molecule has 0 radical (unpaired) electrons. The third-order valence-corrected chi connectivity index (χ3v) is 4.64. The van der Waals surface area contributed by atoms with Crippen molar-refractivity contribution >= 4 is 34.1 Å². The Labute approximate surface area is 144 Å². The van der Waals surface area contributed by atoms with E-state index in [1.165, 1.54) is 23.5 Å². The molecule has 0 aliphatic heterocycles. The third-order valence-electron chi connectivity index (χ3n) is 2.84. The number of carbonyl (C=O) groups is 1. The van der Waals surface area contributed by atoms with Crippen LogP contribution in [0, 0.1) is 5.82 Å². The van der Waals surface area contributed by atoms with Crippen LogP contribution >= 0.6 is 23.1 Å². The van der Waals surface area contributed by atoms with Crippen LogP contribution in [0.2, 0.25) is 0 Å². The quantitative estimate of drug-likeness (QED) is 0.671. The van der Waals surface area contributed by atoms with E-state index in [1.807, 2.05) is 6.92 Å². The van der Waals surface area contributed by atoms with Gasteiger partial charge in [0.1, 0.15) is 10.8 Å². The van der Waals surface area contributed by atoms with Gasteiger partial charge >= 0.3 is 0 Å². The molecule has 0 aliphatic rings. The van der Waals surface area contributed by atoms with Gasteiger partial charge in [-0.1, -0.05) is 30.0 Å². The minimum Gasteiger partial charge on any atom is -0.411 e. The number of thioether (sulfide) groups is 1. The molecule has 0 fully saturated rings. The van der Waals surface area contributed by atoms with Crippen molar-refractivity contribution in [2.75, 3.05) is 11.1 Å². The number of hydrogen-bond acceptors (Lipinski definition) is 8. The largest absolute Gasteiger partial charge is 0.411 e. The molecule has 0 atom stereocenters. The Morgan fingerprint density at radius 1 is 1.25 bits per heavy atom. The van der Waals surface area contributed by atoms with Crippen LogP contribution in [0.5, 0.6) is 0 Å². The Kier molecular flexibility index (Phi) is 5.16. The number of aromatic nitrogens is 4. The van der Waals surface area contributed by atoms with Crippen LogP contribution in [0.1, 0.15) is 11.9 Å². The molecule has 1 N–H and O–H groups in total. The van der Waals surface area contributed by atoms with Gasteiger partial charge in [0.2, 0.25) is 16.9 Å². The number of aryl methyl sites for hydroxylation is 1. The molecule has 1 aromatic carbocycles. The third kappa shape index (κ3) is 4.15. The Hall–Kier alpha value is -2.33. The summed E-state index contributed by atoms with van der Waals surface area (Å²) >= 11 is 2.45. The van der Waals surface area contributed by atoms with Gasteiger partial charge in [-0.3, -0.25) is 10.1 Å². The molecule has 0 unspecified atom stereocenters. The van der Waals surface area contributed by atoms with Gasteiger partial charge in [-0.05, 0) is 30.7 Å². The number of amides is 1. The van der Waals surface area contributed by atoms with Gasteiger partial charge in [-0.15, -0.1) is 20.4 Å². The summed E-state index contributed by atoms with van der Waals surface area (Å²) in [5.74, 6) is -0.200. The highest BCUT2D eigenvalue weighted by Gasteiger charge is 2.12. The smallest absolute Gasteiger partial charge is 0.277 e. The average molecular weight is 365 g/mol. The molecule has 124 valence electrons. The van der Waals surface area contributed by atoms with Crippen molar-refractivity contribution < 1.29 is 13.6 Å². The standard InChI is InChI=1S/C14H12FN5O2S2/c1-2-11-17-19-13(24-11)16-10(21)7-23-14-20-18-12(22-14)8-3-5-9(15)6-4-8/h3-6H,2,7H2,1H3,(H,16,19,21). The first kappa shape index (κ1) is 16.5. The molecule has 2 heterocycles. The molecule has 3 aromatic rings. The van der Waals surface area contributed by atoms with E-state index in [2.05, 4.69) is 25.7 Å². The minimum atomic E-state index is -0.340. The highest BCUT2D eigenvalue weighted by molar-refractivity contribution is 7.99. The number of rotatable bonds is 6. The predicted molar refractivity (Wildman–Crippen MR) is 88.3 cm³/mol. The van der Waals surface area contributed by atoms with Gasteiger partial charge < -0.3 is 4.42 Å². The van der Waals surface area contributed by atoms with E-state index in [0.29, 0.717) is 10.7 Å². The maximum atomic E-state index is 12.9. The molecular weight excluding hydrogens is 353 g/mol. The summed E-state index contributed by atoms with van der Waals surface area (Å²) in [6.45, 7) is 1.97. The van der Waals surface area contributed by atoms with Crippen molar-refractivity contribution in [2.45, 2.75) is 18.6 Å². The fraction of sp³-hybridized carbons (Fsp3) is 0.214. The molecule has 2 aromatic heterocycles. The highest BCUT2D eigenvalue weighted by Crippen LogP contribution is 2.23. The lowest BCUT2D eigenvalue weighted by atomic mass is 10.2. The highest BCUT2D eigenvalue weighted by atomic mass is 32.2. The first-order valence-electron chi connectivity index (χ1n) is 6.98. The van der Waals surface area contributed by atoms with Gasteiger partial charge in [-0.25, -0.2) is 4.39 Å². The predicted octanol–water partition coefficient (Wildman–Crippen LogP) is 3.02. The van der Waals surface area contributed by atoms with E-state index in [-0.39, 0.29) is 28.6 Å². The van der Waals surface area contributed by atoms with Gasteiger partial charge in [0.15, 0.2) is 0 Å². The average Bonchev–Trinajstić information content (AvgIpc) is 3.23. The fourth-order valence-corrected chi connectivity index (χ4v) is 2.97. The summed E-state index contributed by atoms with van der Waals surface area (Å²) in [5.41, 5.74) is 0.612. The topological polar surface area (TPSA) is 93.8 Å². The Bertz CT molecular complexity index is 834. The summed E-state index contributed by atoms with van der Waals surface area (Å²) in [5, 5.41) is 19.8.